The van der Waals surface area contributed by atoms with Crippen LogP contribution in [-0.2, 0) is 20.1 Å². The predicted molar refractivity (Wildman–Crippen MR) is 107 cm³/mol. The van der Waals surface area contributed by atoms with Gasteiger partial charge in [-0.15, -0.1) is 15.3 Å². The molecule has 1 saturated carbocycles. The third kappa shape index (κ3) is 3.57. The summed E-state index contributed by atoms with van der Waals surface area (Å²) in [4.78, 5) is 4.25. The van der Waals surface area contributed by atoms with Crippen molar-refractivity contribution in [1.29, 1.82) is 0 Å². The number of hydrogen-bond acceptors (Lipinski definition) is 6. The molecule has 0 N–H and O–H groups in total. The van der Waals surface area contributed by atoms with Crippen LogP contribution in [0.25, 0.3) is 17.0 Å². The fraction of sp³-hybridized carbons (Fsp3) is 0.381. The lowest BCUT2D eigenvalue weighted by atomic mass is 9.99. The Morgan fingerprint density at radius 2 is 1.93 bits per heavy atom. The summed E-state index contributed by atoms with van der Waals surface area (Å²) in [7, 11) is 1.86. The second kappa shape index (κ2) is 7.62. The Balaban J connectivity index is 1.53. The van der Waals surface area contributed by atoms with Crippen molar-refractivity contribution in [2.45, 2.75) is 38.7 Å². The minimum atomic E-state index is 0.315. The van der Waals surface area contributed by atoms with Crippen LogP contribution in [0.15, 0.2) is 42.7 Å². The molecule has 1 aromatic carbocycles. The van der Waals surface area contributed by atoms with Crippen molar-refractivity contribution >= 4 is 5.65 Å². The average molecular weight is 389 g/mol. The summed E-state index contributed by atoms with van der Waals surface area (Å²) in [5, 5.41) is 17.6. The van der Waals surface area contributed by atoms with Crippen LogP contribution in [-0.4, -0.2) is 34.6 Å². The van der Waals surface area contributed by atoms with E-state index in [2.05, 4.69) is 26.3 Å². The third-order valence-corrected chi connectivity index (χ3v) is 5.59. The lowest BCUT2D eigenvalue weighted by Gasteiger charge is -2.14. The molecule has 0 radical (unpaired) electrons. The van der Waals surface area contributed by atoms with E-state index in [9.17, 15) is 0 Å². The molecular weight excluding hydrogens is 366 g/mol. The molecule has 0 amide bonds. The van der Waals surface area contributed by atoms with Gasteiger partial charge in [0.05, 0.1) is 0 Å². The van der Waals surface area contributed by atoms with Gasteiger partial charge in [-0.1, -0.05) is 56.0 Å². The monoisotopic (exact) mass is 389 g/mol. The van der Waals surface area contributed by atoms with E-state index < -0.39 is 0 Å². The van der Waals surface area contributed by atoms with Crippen LogP contribution in [0.1, 0.15) is 37.1 Å². The van der Waals surface area contributed by atoms with Gasteiger partial charge in [0.2, 0.25) is 5.88 Å². The number of benzene rings is 1. The van der Waals surface area contributed by atoms with Crippen molar-refractivity contribution in [1.82, 2.24) is 34.6 Å². The maximum absolute atomic E-state index is 6.13. The first kappa shape index (κ1) is 17.8. The van der Waals surface area contributed by atoms with Gasteiger partial charge in [0.15, 0.2) is 17.3 Å². The molecule has 0 atom stereocenters. The molecule has 1 aliphatic rings. The summed E-state index contributed by atoms with van der Waals surface area (Å²) in [6.07, 6.45) is 7.61. The van der Waals surface area contributed by atoms with Crippen molar-refractivity contribution in [3.05, 3.63) is 54.1 Å². The van der Waals surface area contributed by atoms with Gasteiger partial charge in [-0.05, 0) is 18.4 Å². The first-order chi connectivity index (χ1) is 14.3. The van der Waals surface area contributed by atoms with Crippen LogP contribution in [0.4, 0.5) is 0 Å². The standard InChI is InChI=1S/C21H23N7O/c1-27-19(22-14-23-27)13-29-21-17(11-15-7-5-6-8-15)12-18-24-25-20(28(18)26-21)16-9-3-2-4-10-16/h2-4,9-10,12,14-15H,5-8,11,13H2,1H3. The topological polar surface area (TPSA) is 83.0 Å². The van der Waals surface area contributed by atoms with Gasteiger partial charge in [0.1, 0.15) is 12.9 Å². The summed E-state index contributed by atoms with van der Waals surface area (Å²) >= 11 is 0. The number of fused-ring (bicyclic) bond motifs is 1. The zero-order valence-electron chi connectivity index (χ0n) is 16.4. The summed E-state index contributed by atoms with van der Waals surface area (Å²) in [6, 6.07) is 12.0. The maximum atomic E-state index is 6.13. The number of nitrogens with zero attached hydrogens (tertiary/aromatic N) is 7. The first-order valence-corrected chi connectivity index (χ1v) is 10.0. The van der Waals surface area contributed by atoms with Gasteiger partial charge in [-0.2, -0.15) is 9.61 Å². The third-order valence-electron chi connectivity index (χ3n) is 5.59. The predicted octanol–water partition coefficient (Wildman–Crippen LogP) is 3.23. The van der Waals surface area contributed by atoms with Crippen LogP contribution in [0.5, 0.6) is 5.88 Å². The average Bonchev–Trinajstić information content (AvgIpc) is 3.48. The number of aromatic nitrogens is 7. The molecule has 1 fully saturated rings. The van der Waals surface area contributed by atoms with E-state index in [4.69, 9.17) is 9.84 Å². The van der Waals surface area contributed by atoms with Crippen molar-refractivity contribution in [2.24, 2.45) is 13.0 Å². The van der Waals surface area contributed by atoms with E-state index in [1.54, 1.807) is 9.20 Å². The number of aryl methyl sites for hydroxylation is 1. The molecule has 0 saturated heterocycles. The van der Waals surface area contributed by atoms with E-state index in [0.717, 1.165) is 29.0 Å². The van der Waals surface area contributed by atoms with Crippen molar-refractivity contribution in [3.63, 3.8) is 0 Å². The highest BCUT2D eigenvalue weighted by Crippen LogP contribution is 2.31. The maximum Gasteiger partial charge on any atom is 0.235 e. The Hall–Kier alpha value is -3.29. The van der Waals surface area contributed by atoms with Crippen LogP contribution in [0.3, 0.4) is 0 Å². The lowest BCUT2D eigenvalue weighted by molar-refractivity contribution is 0.269. The van der Waals surface area contributed by atoms with Gasteiger partial charge < -0.3 is 4.74 Å². The highest BCUT2D eigenvalue weighted by atomic mass is 16.5. The first-order valence-electron chi connectivity index (χ1n) is 10.0. The molecule has 8 heteroatoms. The second-order valence-electron chi connectivity index (χ2n) is 7.58. The lowest BCUT2D eigenvalue weighted by Crippen LogP contribution is -2.10. The number of rotatable bonds is 6. The molecular formula is C21H23N7O. The SMILES string of the molecule is Cn1ncnc1COc1nn2c(-c3ccccc3)nnc2cc1CC1CCCC1. The largest absolute Gasteiger partial charge is 0.468 e. The normalized spacial score (nSPS) is 14.7. The highest BCUT2D eigenvalue weighted by molar-refractivity contribution is 5.59. The Bertz CT molecular complexity index is 1110. The number of hydrogen-bond donors (Lipinski definition) is 0. The minimum Gasteiger partial charge on any atom is -0.468 e. The number of ether oxygens (including phenoxy) is 1. The van der Waals surface area contributed by atoms with Crippen molar-refractivity contribution in [3.8, 4) is 17.3 Å². The van der Waals surface area contributed by atoms with Gasteiger partial charge in [0.25, 0.3) is 0 Å². The highest BCUT2D eigenvalue weighted by Gasteiger charge is 2.21. The zero-order valence-corrected chi connectivity index (χ0v) is 16.4. The summed E-state index contributed by atoms with van der Waals surface area (Å²) < 4.78 is 9.61. The molecule has 0 unspecified atom stereocenters. The van der Waals surface area contributed by atoms with E-state index >= 15 is 0 Å². The Labute approximate surface area is 168 Å². The van der Waals surface area contributed by atoms with Crippen LogP contribution >= 0.6 is 0 Å². The van der Waals surface area contributed by atoms with Crippen LogP contribution in [0.2, 0.25) is 0 Å². The van der Waals surface area contributed by atoms with Crippen molar-refractivity contribution < 1.29 is 4.74 Å². The zero-order chi connectivity index (χ0) is 19.6. The molecule has 5 rings (SSSR count). The quantitative estimate of drug-likeness (QED) is 0.503. The Kier molecular flexibility index (Phi) is 4.67. The van der Waals surface area contributed by atoms with E-state index in [1.165, 1.54) is 32.0 Å². The fourth-order valence-corrected chi connectivity index (χ4v) is 4.00. The molecule has 3 heterocycles. The second-order valence-corrected chi connectivity index (χ2v) is 7.58. The van der Waals surface area contributed by atoms with Gasteiger partial charge in [-0.3, -0.25) is 4.68 Å². The molecule has 4 aromatic rings. The Morgan fingerprint density at radius 3 is 2.69 bits per heavy atom. The molecule has 0 aliphatic heterocycles. The molecule has 0 bridgehead atoms. The Morgan fingerprint density at radius 1 is 1.10 bits per heavy atom. The molecule has 148 valence electrons. The van der Waals surface area contributed by atoms with Gasteiger partial charge in [0, 0.05) is 18.2 Å². The van der Waals surface area contributed by atoms with Gasteiger partial charge >= 0.3 is 0 Å². The van der Waals surface area contributed by atoms with Gasteiger partial charge in [-0.25, -0.2) is 4.98 Å². The molecule has 0 spiro atoms. The van der Waals surface area contributed by atoms with E-state index in [1.807, 2.05) is 37.4 Å². The fourth-order valence-electron chi connectivity index (χ4n) is 4.00. The summed E-state index contributed by atoms with van der Waals surface area (Å²) in [5.74, 6) is 2.75. The van der Waals surface area contributed by atoms with Crippen molar-refractivity contribution in [2.75, 3.05) is 0 Å². The van der Waals surface area contributed by atoms with Crippen LogP contribution in [0, 0.1) is 5.92 Å². The molecule has 3 aromatic heterocycles. The molecule has 29 heavy (non-hydrogen) atoms. The molecule has 8 nitrogen and oxygen atoms in total. The minimum absolute atomic E-state index is 0.315. The summed E-state index contributed by atoms with van der Waals surface area (Å²) in [6.45, 7) is 0.315. The smallest absolute Gasteiger partial charge is 0.235 e. The van der Waals surface area contributed by atoms with E-state index in [0.29, 0.717) is 24.2 Å². The molecule has 1 aliphatic carbocycles. The van der Waals surface area contributed by atoms with E-state index in [-0.39, 0.29) is 0 Å². The van der Waals surface area contributed by atoms with Crippen LogP contribution < -0.4 is 4.74 Å². The summed E-state index contributed by atoms with van der Waals surface area (Å²) in [5.41, 5.74) is 2.79.